The third-order valence-electron chi connectivity index (χ3n) is 2.99. The Bertz CT molecular complexity index is 383. The molecular weight excluding hydrogens is 362 g/mol. The van der Waals surface area contributed by atoms with Gasteiger partial charge in [0, 0.05) is 19.7 Å². The minimum atomic E-state index is 0.384. The number of halogens is 2. The van der Waals surface area contributed by atoms with Crippen LogP contribution in [0, 0.1) is 0 Å². The molecule has 1 aromatic rings. The summed E-state index contributed by atoms with van der Waals surface area (Å²) in [6.07, 6.45) is 2.74. The van der Waals surface area contributed by atoms with E-state index in [9.17, 15) is 0 Å². The summed E-state index contributed by atoms with van der Waals surface area (Å²) in [6, 6.07) is 4.15. The lowest BCUT2D eigenvalue weighted by Gasteiger charge is -2.12. The van der Waals surface area contributed by atoms with Gasteiger partial charge < -0.3 is 14.8 Å². The van der Waals surface area contributed by atoms with Crippen molar-refractivity contribution in [2.75, 3.05) is 20.3 Å². The molecule has 0 aliphatic carbocycles. The van der Waals surface area contributed by atoms with Crippen LogP contribution in [0.2, 0.25) is 0 Å². The molecule has 2 rings (SSSR count). The normalized spacial score (nSPS) is 19.2. The number of hydrogen-bond acceptors (Lipinski definition) is 3. The monoisotopic (exact) mass is 377 g/mol. The minimum absolute atomic E-state index is 0.384. The van der Waals surface area contributed by atoms with Crippen LogP contribution in [0.15, 0.2) is 21.1 Å². The molecule has 1 aromatic carbocycles. The van der Waals surface area contributed by atoms with Gasteiger partial charge in [-0.15, -0.1) is 0 Å². The van der Waals surface area contributed by atoms with Crippen molar-refractivity contribution in [3.63, 3.8) is 0 Å². The standard InChI is InChI=1S/C13H17Br2NO2/c1-17-13-11(14)5-9(6-12(13)15)7-16-8-10-3-2-4-18-10/h5-6,10,16H,2-4,7-8H2,1H3. The Labute approximate surface area is 124 Å². The molecule has 100 valence electrons. The Hall–Kier alpha value is -0.100. The van der Waals surface area contributed by atoms with Crippen molar-refractivity contribution in [1.29, 1.82) is 0 Å². The first kappa shape index (κ1) is 14.3. The highest BCUT2D eigenvalue weighted by atomic mass is 79.9. The van der Waals surface area contributed by atoms with Crippen molar-refractivity contribution in [2.24, 2.45) is 0 Å². The number of methoxy groups -OCH3 is 1. The van der Waals surface area contributed by atoms with Gasteiger partial charge in [0.25, 0.3) is 0 Å². The molecule has 0 radical (unpaired) electrons. The highest BCUT2D eigenvalue weighted by molar-refractivity contribution is 9.11. The maximum atomic E-state index is 5.57. The summed E-state index contributed by atoms with van der Waals surface area (Å²) in [5.74, 6) is 0.831. The van der Waals surface area contributed by atoms with E-state index >= 15 is 0 Å². The maximum absolute atomic E-state index is 5.57. The molecule has 1 unspecified atom stereocenters. The molecule has 1 fully saturated rings. The Balaban J connectivity index is 1.89. The quantitative estimate of drug-likeness (QED) is 0.850. The van der Waals surface area contributed by atoms with Gasteiger partial charge in [-0.1, -0.05) is 0 Å². The zero-order valence-electron chi connectivity index (χ0n) is 10.3. The summed E-state index contributed by atoms with van der Waals surface area (Å²) in [7, 11) is 1.67. The molecule has 1 saturated heterocycles. The van der Waals surface area contributed by atoms with Gasteiger partial charge in [0.2, 0.25) is 0 Å². The third-order valence-corrected chi connectivity index (χ3v) is 4.17. The number of nitrogens with one attached hydrogen (secondary N) is 1. The average Bonchev–Trinajstić information content (AvgIpc) is 2.82. The lowest BCUT2D eigenvalue weighted by atomic mass is 10.2. The van der Waals surface area contributed by atoms with Crippen molar-refractivity contribution >= 4 is 31.9 Å². The summed E-state index contributed by atoms with van der Waals surface area (Å²) in [4.78, 5) is 0. The Morgan fingerprint density at radius 2 is 2.11 bits per heavy atom. The molecule has 0 spiro atoms. The summed E-state index contributed by atoms with van der Waals surface area (Å²) in [5.41, 5.74) is 1.22. The minimum Gasteiger partial charge on any atom is -0.494 e. The van der Waals surface area contributed by atoms with Crippen LogP contribution < -0.4 is 10.1 Å². The first-order valence-corrected chi connectivity index (χ1v) is 7.63. The highest BCUT2D eigenvalue weighted by Gasteiger charge is 2.14. The predicted molar refractivity (Wildman–Crippen MR) is 79.1 cm³/mol. The molecule has 1 heterocycles. The lowest BCUT2D eigenvalue weighted by molar-refractivity contribution is 0.110. The Morgan fingerprint density at radius 3 is 2.67 bits per heavy atom. The van der Waals surface area contributed by atoms with E-state index in [1.54, 1.807) is 7.11 Å². The molecule has 1 aliphatic heterocycles. The number of ether oxygens (including phenoxy) is 2. The van der Waals surface area contributed by atoms with Crippen molar-refractivity contribution in [1.82, 2.24) is 5.32 Å². The van der Waals surface area contributed by atoms with Crippen molar-refractivity contribution < 1.29 is 9.47 Å². The van der Waals surface area contributed by atoms with E-state index in [0.717, 1.165) is 34.4 Å². The van der Waals surface area contributed by atoms with Gasteiger partial charge >= 0.3 is 0 Å². The van der Waals surface area contributed by atoms with E-state index in [-0.39, 0.29) is 0 Å². The molecule has 0 bridgehead atoms. The second-order valence-electron chi connectivity index (χ2n) is 4.36. The fourth-order valence-corrected chi connectivity index (χ4v) is 3.70. The molecule has 1 aliphatic rings. The summed E-state index contributed by atoms with van der Waals surface area (Å²) >= 11 is 7.02. The Morgan fingerprint density at radius 1 is 1.39 bits per heavy atom. The molecule has 0 saturated carbocycles. The van der Waals surface area contributed by atoms with Crippen LogP contribution in [0.3, 0.4) is 0 Å². The van der Waals surface area contributed by atoms with E-state index in [0.29, 0.717) is 6.10 Å². The van der Waals surface area contributed by atoms with Crippen molar-refractivity contribution in [3.05, 3.63) is 26.6 Å². The van der Waals surface area contributed by atoms with Crippen LogP contribution in [0.1, 0.15) is 18.4 Å². The smallest absolute Gasteiger partial charge is 0.147 e. The third kappa shape index (κ3) is 3.70. The topological polar surface area (TPSA) is 30.5 Å². The molecule has 18 heavy (non-hydrogen) atoms. The fraction of sp³-hybridized carbons (Fsp3) is 0.538. The zero-order valence-corrected chi connectivity index (χ0v) is 13.5. The summed E-state index contributed by atoms with van der Waals surface area (Å²) < 4.78 is 12.8. The molecule has 3 nitrogen and oxygen atoms in total. The van der Waals surface area contributed by atoms with E-state index in [4.69, 9.17) is 9.47 Å². The average molecular weight is 379 g/mol. The van der Waals surface area contributed by atoms with Crippen LogP contribution in [0.4, 0.5) is 0 Å². The first-order valence-electron chi connectivity index (χ1n) is 6.05. The van der Waals surface area contributed by atoms with E-state index in [1.165, 1.54) is 18.4 Å². The van der Waals surface area contributed by atoms with Gasteiger partial charge in [-0.2, -0.15) is 0 Å². The molecular formula is C13H17Br2NO2. The largest absolute Gasteiger partial charge is 0.494 e. The van der Waals surface area contributed by atoms with Gasteiger partial charge in [0.15, 0.2) is 0 Å². The number of hydrogen-bond donors (Lipinski definition) is 1. The Kier molecular flexibility index (Phi) is 5.48. The number of benzene rings is 1. The molecule has 0 aromatic heterocycles. The number of rotatable bonds is 5. The van der Waals surface area contributed by atoms with Gasteiger partial charge in [-0.05, 0) is 62.4 Å². The second-order valence-corrected chi connectivity index (χ2v) is 6.07. The summed E-state index contributed by atoms with van der Waals surface area (Å²) in [6.45, 7) is 2.66. The van der Waals surface area contributed by atoms with E-state index in [2.05, 4.69) is 49.3 Å². The molecule has 1 atom stereocenters. The van der Waals surface area contributed by atoms with Gasteiger partial charge in [0.05, 0.1) is 22.2 Å². The van der Waals surface area contributed by atoms with Crippen LogP contribution >= 0.6 is 31.9 Å². The van der Waals surface area contributed by atoms with Crippen LogP contribution in [0.5, 0.6) is 5.75 Å². The van der Waals surface area contributed by atoms with Crippen LogP contribution in [-0.4, -0.2) is 26.4 Å². The van der Waals surface area contributed by atoms with E-state index in [1.807, 2.05) is 0 Å². The maximum Gasteiger partial charge on any atom is 0.147 e. The molecule has 1 N–H and O–H groups in total. The molecule has 0 amide bonds. The lowest BCUT2D eigenvalue weighted by Crippen LogP contribution is -2.25. The fourth-order valence-electron chi connectivity index (χ4n) is 2.09. The zero-order chi connectivity index (χ0) is 13.0. The first-order chi connectivity index (χ1) is 8.70. The highest BCUT2D eigenvalue weighted by Crippen LogP contribution is 2.34. The SMILES string of the molecule is COc1c(Br)cc(CNCC2CCCO2)cc1Br. The predicted octanol–water partition coefficient (Wildman–Crippen LogP) is 3.49. The van der Waals surface area contributed by atoms with Gasteiger partial charge in [-0.25, -0.2) is 0 Å². The van der Waals surface area contributed by atoms with Crippen molar-refractivity contribution in [2.45, 2.75) is 25.5 Å². The van der Waals surface area contributed by atoms with Crippen LogP contribution in [-0.2, 0) is 11.3 Å². The van der Waals surface area contributed by atoms with Crippen LogP contribution in [0.25, 0.3) is 0 Å². The van der Waals surface area contributed by atoms with Crippen molar-refractivity contribution in [3.8, 4) is 5.75 Å². The van der Waals surface area contributed by atoms with Gasteiger partial charge in [0.1, 0.15) is 5.75 Å². The van der Waals surface area contributed by atoms with Gasteiger partial charge in [-0.3, -0.25) is 0 Å². The van der Waals surface area contributed by atoms with E-state index < -0.39 is 0 Å². The second kappa shape index (κ2) is 6.89. The summed E-state index contributed by atoms with van der Waals surface area (Å²) in [5, 5.41) is 3.43. The molecule has 5 heteroatoms.